The second kappa shape index (κ2) is 10.9. The van der Waals surface area contributed by atoms with E-state index in [0.717, 1.165) is 43.4 Å². The van der Waals surface area contributed by atoms with Crippen molar-refractivity contribution in [3.05, 3.63) is 11.6 Å². The maximum atomic E-state index is 12.9. The zero-order chi connectivity index (χ0) is 22.6. The van der Waals surface area contributed by atoms with E-state index in [9.17, 15) is 9.90 Å². The van der Waals surface area contributed by atoms with Crippen LogP contribution in [-0.4, -0.2) is 17.0 Å². The highest BCUT2D eigenvalue weighted by Gasteiger charge is 2.62. The van der Waals surface area contributed by atoms with Gasteiger partial charge in [-0.1, -0.05) is 65.5 Å². The predicted octanol–water partition coefficient (Wildman–Crippen LogP) is 8.05. The first-order valence-corrected chi connectivity index (χ1v) is 13.5. The van der Waals surface area contributed by atoms with Crippen LogP contribution in [0.15, 0.2) is 11.6 Å². The Morgan fingerprint density at radius 1 is 1.09 bits per heavy atom. The Labute approximate surface area is 216 Å². The van der Waals surface area contributed by atoms with E-state index in [1.54, 1.807) is 5.57 Å². The van der Waals surface area contributed by atoms with Gasteiger partial charge >= 0.3 is 0 Å². The zero-order valence-corrected chi connectivity index (χ0v) is 23.6. The van der Waals surface area contributed by atoms with Crippen molar-refractivity contribution in [2.45, 2.75) is 112 Å². The van der Waals surface area contributed by atoms with Crippen molar-refractivity contribution in [2.24, 2.45) is 52.3 Å². The highest BCUT2D eigenvalue weighted by Crippen LogP contribution is 2.68. The first-order valence-electron chi connectivity index (χ1n) is 13.5. The molecule has 4 aliphatic carbocycles. The van der Waals surface area contributed by atoms with Gasteiger partial charge in [0.15, 0.2) is 0 Å². The van der Waals surface area contributed by atoms with E-state index in [4.69, 9.17) is 0 Å². The molecular formula is C29H50Cl2O2. The summed E-state index contributed by atoms with van der Waals surface area (Å²) in [6.07, 6.45) is 14.2. The van der Waals surface area contributed by atoms with Crippen LogP contribution in [0, 0.1) is 52.3 Å². The quantitative estimate of drug-likeness (QED) is 0.374. The maximum absolute atomic E-state index is 12.9. The van der Waals surface area contributed by atoms with Gasteiger partial charge in [-0.15, -0.1) is 24.8 Å². The second-order valence-corrected chi connectivity index (χ2v) is 13.0. The third kappa shape index (κ3) is 5.10. The molecule has 0 heterocycles. The highest BCUT2D eigenvalue weighted by molar-refractivity contribution is 5.85. The third-order valence-electron chi connectivity index (χ3n) is 10.8. The van der Waals surface area contributed by atoms with Gasteiger partial charge in [0.1, 0.15) is 5.78 Å². The van der Waals surface area contributed by atoms with Crippen molar-refractivity contribution in [1.29, 1.82) is 0 Å². The van der Waals surface area contributed by atoms with Crippen LogP contribution in [0.4, 0.5) is 0 Å². The second-order valence-electron chi connectivity index (χ2n) is 13.0. The molecule has 192 valence electrons. The van der Waals surface area contributed by atoms with Crippen LogP contribution in [-0.2, 0) is 4.79 Å². The lowest BCUT2D eigenvalue weighted by molar-refractivity contribution is -0.123. The summed E-state index contributed by atoms with van der Waals surface area (Å²) in [4.78, 5) is 12.9. The van der Waals surface area contributed by atoms with Crippen molar-refractivity contribution < 1.29 is 9.90 Å². The van der Waals surface area contributed by atoms with E-state index in [0.29, 0.717) is 29.0 Å². The van der Waals surface area contributed by atoms with Gasteiger partial charge in [0, 0.05) is 5.92 Å². The summed E-state index contributed by atoms with van der Waals surface area (Å²) in [5, 5.41) is 10.3. The number of Topliss-reactive ketones (excluding diaryl/α,β-unsaturated/α-hetero) is 1. The molecule has 3 saturated carbocycles. The normalized spacial score (nSPS) is 42.7. The number of halogens is 2. The van der Waals surface area contributed by atoms with E-state index < -0.39 is 0 Å². The molecule has 3 fully saturated rings. The number of hydrogen-bond donors (Lipinski definition) is 1. The van der Waals surface area contributed by atoms with Crippen molar-refractivity contribution in [3.63, 3.8) is 0 Å². The van der Waals surface area contributed by atoms with Crippen LogP contribution in [0.3, 0.4) is 0 Å². The van der Waals surface area contributed by atoms with Crippen molar-refractivity contribution in [2.75, 3.05) is 0 Å². The van der Waals surface area contributed by atoms with Crippen LogP contribution < -0.4 is 0 Å². The Morgan fingerprint density at radius 2 is 1.79 bits per heavy atom. The number of allylic oxidation sites excluding steroid dienone is 1. The zero-order valence-electron chi connectivity index (χ0n) is 21.9. The first-order chi connectivity index (χ1) is 14.6. The van der Waals surface area contributed by atoms with E-state index in [2.05, 4.69) is 40.7 Å². The molecule has 0 aromatic heterocycles. The van der Waals surface area contributed by atoms with Crippen molar-refractivity contribution in [3.8, 4) is 0 Å². The minimum Gasteiger partial charge on any atom is -0.393 e. The molecule has 4 aliphatic rings. The van der Waals surface area contributed by atoms with Crippen LogP contribution in [0.2, 0.25) is 0 Å². The Kier molecular flexibility index (Phi) is 9.65. The average Bonchev–Trinajstić information content (AvgIpc) is 3.01. The van der Waals surface area contributed by atoms with E-state index in [1.807, 2.05) is 6.92 Å². The first kappa shape index (κ1) is 29.2. The van der Waals surface area contributed by atoms with Gasteiger partial charge in [-0.25, -0.2) is 0 Å². The summed E-state index contributed by atoms with van der Waals surface area (Å²) >= 11 is 0. The molecule has 0 spiro atoms. The number of aliphatic hydroxyl groups is 1. The van der Waals surface area contributed by atoms with Gasteiger partial charge in [0.05, 0.1) is 6.10 Å². The summed E-state index contributed by atoms with van der Waals surface area (Å²) < 4.78 is 0. The molecule has 4 heteroatoms. The maximum Gasteiger partial charge on any atom is 0.133 e. The fourth-order valence-electron chi connectivity index (χ4n) is 9.22. The molecule has 0 aliphatic heterocycles. The van der Waals surface area contributed by atoms with Crippen molar-refractivity contribution in [1.82, 2.24) is 0 Å². The predicted molar refractivity (Wildman–Crippen MR) is 143 cm³/mol. The van der Waals surface area contributed by atoms with Crippen molar-refractivity contribution >= 4 is 30.6 Å². The number of rotatable bonds is 6. The Balaban J connectivity index is 0.00000193. The molecule has 0 aromatic carbocycles. The summed E-state index contributed by atoms with van der Waals surface area (Å²) in [7, 11) is 0. The molecule has 1 unspecified atom stereocenters. The molecule has 4 rings (SSSR count). The average molecular weight is 502 g/mol. The topological polar surface area (TPSA) is 37.3 Å². The lowest BCUT2D eigenvalue weighted by Gasteiger charge is -2.58. The van der Waals surface area contributed by atoms with Crippen LogP contribution >= 0.6 is 24.8 Å². The number of carbonyl (C=O) groups excluding carboxylic acids is 1. The molecule has 9 atom stereocenters. The largest absolute Gasteiger partial charge is 0.393 e. The Morgan fingerprint density at radius 3 is 2.42 bits per heavy atom. The molecule has 2 nitrogen and oxygen atoms in total. The fourth-order valence-corrected chi connectivity index (χ4v) is 9.22. The number of aliphatic hydroxyl groups excluding tert-OH is 1. The minimum atomic E-state index is -0.130. The Hall–Kier alpha value is -0.0500. The minimum absolute atomic E-state index is 0. The van der Waals surface area contributed by atoms with Gasteiger partial charge in [0.2, 0.25) is 0 Å². The van der Waals surface area contributed by atoms with Gasteiger partial charge < -0.3 is 5.11 Å². The molecule has 1 N–H and O–H groups in total. The highest BCUT2D eigenvalue weighted by atomic mass is 35.5. The van der Waals surface area contributed by atoms with Gasteiger partial charge in [-0.3, -0.25) is 4.79 Å². The molecule has 0 radical (unpaired) electrons. The molecular weight excluding hydrogens is 451 g/mol. The fraction of sp³-hybridized carbons (Fsp3) is 0.897. The summed E-state index contributed by atoms with van der Waals surface area (Å²) in [6.45, 7) is 14.1. The standard InChI is InChI=1S/C29H48O2.2ClH/c1-18(2)8-7-9-19(3)27-24(20(4)30)17-26-23-11-10-21-16-22(31)12-14-28(21,5)25(23)13-15-29(26,27)6;;/h10,18-19,22-27,31H,7-9,11-17H2,1-6H3;2*1H/t19-,22+,23-,24?,25+,26+,27+,28+,29+;;/m1../s1. The van der Waals surface area contributed by atoms with Crippen LogP contribution in [0.5, 0.6) is 0 Å². The number of ketones is 1. The molecule has 0 saturated heterocycles. The third-order valence-corrected chi connectivity index (χ3v) is 10.8. The number of carbonyl (C=O) groups is 1. The summed E-state index contributed by atoms with van der Waals surface area (Å²) in [5.41, 5.74) is 2.16. The molecule has 0 aromatic rings. The molecule has 0 bridgehead atoms. The lowest BCUT2D eigenvalue weighted by atomic mass is 9.47. The number of hydrogen-bond acceptors (Lipinski definition) is 2. The molecule has 0 amide bonds. The van der Waals surface area contributed by atoms with Crippen LogP contribution in [0.1, 0.15) is 106 Å². The van der Waals surface area contributed by atoms with E-state index >= 15 is 0 Å². The van der Waals surface area contributed by atoms with E-state index in [1.165, 1.54) is 38.5 Å². The SMILES string of the molecule is CC(=O)C1C[C@H]2[C@@H]3CC=C4C[C@@H](O)CC[C@]4(C)[C@H]3CC[C@]2(C)[C@H]1[C@H](C)CCCC(C)C.Cl.Cl. The monoisotopic (exact) mass is 500 g/mol. The molecule has 33 heavy (non-hydrogen) atoms. The van der Waals surface area contributed by atoms with E-state index in [-0.39, 0.29) is 42.3 Å². The van der Waals surface area contributed by atoms with Gasteiger partial charge in [0.25, 0.3) is 0 Å². The summed E-state index contributed by atoms with van der Waals surface area (Å²) in [5.74, 6) is 4.89. The van der Waals surface area contributed by atoms with Gasteiger partial charge in [-0.05, 0) is 98.2 Å². The smallest absolute Gasteiger partial charge is 0.133 e. The van der Waals surface area contributed by atoms with Gasteiger partial charge in [-0.2, -0.15) is 0 Å². The lowest BCUT2D eigenvalue weighted by Crippen LogP contribution is -2.51. The number of fused-ring (bicyclic) bond motifs is 5. The summed E-state index contributed by atoms with van der Waals surface area (Å²) in [6, 6.07) is 0. The van der Waals surface area contributed by atoms with Crippen LogP contribution in [0.25, 0.3) is 0 Å². The Bertz CT molecular complexity index is 718.